The van der Waals surface area contributed by atoms with Crippen LogP contribution in [0.4, 0.5) is 18.9 Å². The number of nitrogens with one attached hydrogen (secondary N) is 2. The number of allylic oxidation sites excluding steroid dienone is 2. The molecule has 1 fully saturated rings. The Kier molecular flexibility index (Phi) is 8.43. The van der Waals surface area contributed by atoms with Crippen LogP contribution in [0.15, 0.2) is 79.7 Å². The number of H-pyrrole nitrogens is 1. The van der Waals surface area contributed by atoms with E-state index in [9.17, 15) is 13.2 Å². The molecule has 33 heavy (non-hydrogen) atoms. The molecule has 3 aromatic rings. The summed E-state index contributed by atoms with van der Waals surface area (Å²) in [6.07, 6.45) is 7.36. The SMILES string of the molecule is C=CCCC(C)C(=C)Nc1c[nH]c2ccc(CC3CCC3)cc12.FC(F)(F)c1ccccc1. The predicted octanol–water partition coefficient (Wildman–Crippen LogP) is 8.74. The van der Waals surface area contributed by atoms with Crippen LogP contribution >= 0.6 is 0 Å². The first-order valence-electron chi connectivity index (χ1n) is 11.6. The van der Waals surface area contributed by atoms with Gasteiger partial charge in [-0.1, -0.05) is 75.2 Å². The highest BCUT2D eigenvalue weighted by Gasteiger charge is 2.29. The van der Waals surface area contributed by atoms with Crippen LogP contribution in [-0.2, 0) is 12.6 Å². The quantitative estimate of drug-likeness (QED) is 0.327. The fourth-order valence-electron chi connectivity index (χ4n) is 3.89. The van der Waals surface area contributed by atoms with Crippen LogP contribution in [-0.4, -0.2) is 4.98 Å². The Balaban J connectivity index is 0.000000257. The Morgan fingerprint density at radius 3 is 2.48 bits per heavy atom. The number of aromatic amines is 1. The molecule has 1 aliphatic rings. The molecular formula is C28H33F3N2. The van der Waals surface area contributed by atoms with Gasteiger partial charge in [0.15, 0.2) is 0 Å². The van der Waals surface area contributed by atoms with E-state index in [1.54, 1.807) is 6.07 Å². The summed E-state index contributed by atoms with van der Waals surface area (Å²) < 4.78 is 35.4. The Hall–Kier alpha value is -2.95. The number of anilines is 1. The molecule has 0 radical (unpaired) electrons. The summed E-state index contributed by atoms with van der Waals surface area (Å²) in [6, 6.07) is 13.2. The van der Waals surface area contributed by atoms with Gasteiger partial charge in [0.25, 0.3) is 0 Å². The van der Waals surface area contributed by atoms with Crippen molar-refractivity contribution >= 4 is 16.6 Å². The summed E-state index contributed by atoms with van der Waals surface area (Å²) in [6.45, 7) is 10.2. The lowest BCUT2D eigenvalue weighted by Gasteiger charge is -2.25. The summed E-state index contributed by atoms with van der Waals surface area (Å²) in [5.41, 5.74) is 4.27. The molecule has 2 aromatic carbocycles. The molecule has 5 heteroatoms. The highest BCUT2D eigenvalue weighted by atomic mass is 19.4. The van der Waals surface area contributed by atoms with Gasteiger partial charge >= 0.3 is 6.18 Å². The van der Waals surface area contributed by atoms with E-state index in [-0.39, 0.29) is 0 Å². The molecule has 1 heterocycles. The first-order chi connectivity index (χ1) is 15.8. The zero-order chi connectivity index (χ0) is 23.8. The lowest BCUT2D eigenvalue weighted by Crippen LogP contribution is -2.13. The minimum atomic E-state index is -4.21. The van der Waals surface area contributed by atoms with Crippen molar-refractivity contribution in [1.29, 1.82) is 0 Å². The third-order valence-electron chi connectivity index (χ3n) is 6.29. The van der Waals surface area contributed by atoms with Crippen molar-refractivity contribution < 1.29 is 13.2 Å². The van der Waals surface area contributed by atoms with Gasteiger partial charge in [-0.25, -0.2) is 0 Å². The van der Waals surface area contributed by atoms with Crippen molar-refractivity contribution in [2.45, 2.75) is 51.6 Å². The number of benzene rings is 2. The number of aromatic nitrogens is 1. The average molecular weight is 455 g/mol. The highest BCUT2D eigenvalue weighted by Crippen LogP contribution is 2.32. The normalized spacial score (nSPS) is 14.7. The zero-order valence-corrected chi connectivity index (χ0v) is 19.2. The second-order valence-corrected chi connectivity index (χ2v) is 8.86. The van der Waals surface area contributed by atoms with Crippen molar-refractivity contribution in [3.05, 3.63) is 90.8 Å². The molecule has 0 bridgehead atoms. The Morgan fingerprint density at radius 1 is 1.18 bits per heavy atom. The molecule has 1 unspecified atom stereocenters. The van der Waals surface area contributed by atoms with E-state index in [1.807, 2.05) is 6.08 Å². The monoisotopic (exact) mass is 454 g/mol. The first-order valence-corrected chi connectivity index (χ1v) is 11.6. The molecule has 1 aromatic heterocycles. The van der Waals surface area contributed by atoms with Gasteiger partial charge in [0, 0.05) is 22.8 Å². The third kappa shape index (κ3) is 7.01. The topological polar surface area (TPSA) is 27.8 Å². The number of hydrogen-bond donors (Lipinski definition) is 2. The van der Waals surface area contributed by atoms with Gasteiger partial charge in [-0.2, -0.15) is 13.2 Å². The number of halogens is 3. The van der Waals surface area contributed by atoms with E-state index in [2.05, 4.69) is 54.8 Å². The average Bonchev–Trinajstić information content (AvgIpc) is 3.17. The fraction of sp³-hybridized carbons (Fsp3) is 0.357. The van der Waals surface area contributed by atoms with Crippen LogP contribution in [0.2, 0.25) is 0 Å². The number of alkyl halides is 3. The van der Waals surface area contributed by atoms with Gasteiger partial charge in [0.1, 0.15) is 0 Å². The van der Waals surface area contributed by atoms with Crippen LogP contribution in [0.3, 0.4) is 0 Å². The zero-order valence-electron chi connectivity index (χ0n) is 19.2. The molecule has 1 aliphatic carbocycles. The van der Waals surface area contributed by atoms with Crippen molar-refractivity contribution in [3.8, 4) is 0 Å². The summed E-state index contributed by atoms with van der Waals surface area (Å²) in [5, 5.41) is 4.80. The van der Waals surface area contributed by atoms with Crippen molar-refractivity contribution in [2.24, 2.45) is 11.8 Å². The molecule has 176 valence electrons. The van der Waals surface area contributed by atoms with Gasteiger partial charge in [-0.05, 0) is 48.8 Å². The molecule has 0 spiro atoms. The van der Waals surface area contributed by atoms with Crippen LogP contribution in [0.5, 0.6) is 0 Å². The molecule has 4 rings (SSSR count). The first kappa shape index (κ1) is 24.7. The largest absolute Gasteiger partial charge is 0.416 e. The summed E-state index contributed by atoms with van der Waals surface area (Å²) in [7, 11) is 0. The van der Waals surface area contributed by atoms with E-state index in [1.165, 1.54) is 54.3 Å². The van der Waals surface area contributed by atoms with Crippen LogP contribution in [0.25, 0.3) is 10.9 Å². The van der Waals surface area contributed by atoms with Gasteiger partial charge < -0.3 is 10.3 Å². The Bertz CT molecular complexity index is 1050. The van der Waals surface area contributed by atoms with Gasteiger partial charge in [-0.3, -0.25) is 0 Å². The third-order valence-corrected chi connectivity index (χ3v) is 6.29. The number of rotatable bonds is 8. The molecule has 1 saturated carbocycles. The standard InChI is InChI=1S/C21H28N2.C7H5F3/c1-4-5-7-15(2)16(3)23-21-14-22-20-11-10-18(13-19(20)21)12-17-8-6-9-17;8-7(9,10)6-4-2-1-3-5-6/h4,10-11,13-15,17,22-23H,1,3,5-9,12H2,2H3;1-5H. The van der Waals surface area contributed by atoms with Gasteiger partial charge in [0.05, 0.1) is 11.3 Å². The second kappa shape index (κ2) is 11.3. The maximum atomic E-state index is 11.8. The van der Waals surface area contributed by atoms with Crippen LogP contribution in [0.1, 0.15) is 50.2 Å². The summed E-state index contributed by atoms with van der Waals surface area (Å²) in [4.78, 5) is 3.36. The molecular weight excluding hydrogens is 421 g/mol. The van der Waals surface area contributed by atoms with E-state index in [0.717, 1.165) is 42.3 Å². The lowest BCUT2D eigenvalue weighted by molar-refractivity contribution is -0.137. The Morgan fingerprint density at radius 2 is 1.91 bits per heavy atom. The summed E-state index contributed by atoms with van der Waals surface area (Å²) in [5.74, 6) is 1.34. The number of hydrogen-bond acceptors (Lipinski definition) is 1. The maximum absolute atomic E-state index is 11.8. The number of fused-ring (bicyclic) bond motifs is 1. The fourth-order valence-corrected chi connectivity index (χ4v) is 3.89. The summed E-state index contributed by atoms with van der Waals surface area (Å²) >= 11 is 0. The molecule has 2 nitrogen and oxygen atoms in total. The van der Waals surface area contributed by atoms with Crippen molar-refractivity contribution in [1.82, 2.24) is 4.98 Å². The maximum Gasteiger partial charge on any atom is 0.416 e. The smallest absolute Gasteiger partial charge is 0.359 e. The van der Waals surface area contributed by atoms with Gasteiger partial charge in [0.2, 0.25) is 0 Å². The minimum Gasteiger partial charge on any atom is -0.359 e. The molecule has 0 aliphatic heterocycles. The van der Waals surface area contributed by atoms with Gasteiger partial charge in [-0.15, -0.1) is 6.58 Å². The molecule has 2 N–H and O–H groups in total. The van der Waals surface area contributed by atoms with E-state index < -0.39 is 11.7 Å². The van der Waals surface area contributed by atoms with E-state index >= 15 is 0 Å². The van der Waals surface area contributed by atoms with Crippen molar-refractivity contribution in [3.63, 3.8) is 0 Å². The lowest BCUT2D eigenvalue weighted by atomic mass is 9.81. The second-order valence-electron chi connectivity index (χ2n) is 8.86. The highest BCUT2D eigenvalue weighted by molar-refractivity contribution is 5.93. The molecule has 0 saturated heterocycles. The van der Waals surface area contributed by atoms with E-state index in [4.69, 9.17) is 0 Å². The molecule has 0 amide bonds. The van der Waals surface area contributed by atoms with Crippen LogP contribution in [0, 0.1) is 11.8 Å². The minimum absolute atomic E-state index is 0.441. The Labute approximate surface area is 194 Å². The van der Waals surface area contributed by atoms with E-state index in [0.29, 0.717) is 5.92 Å². The van der Waals surface area contributed by atoms with Crippen LogP contribution < -0.4 is 5.32 Å². The predicted molar refractivity (Wildman–Crippen MR) is 132 cm³/mol. The molecule has 1 atom stereocenters. The van der Waals surface area contributed by atoms with Crippen molar-refractivity contribution in [2.75, 3.05) is 5.32 Å².